The SMILES string of the molecule is Cn1nc(C2CCC(=O)NC2=O)c2ccc(C3CCCN(C(=O)O)C3)cc21. The molecule has 0 bridgehead atoms. The van der Waals surface area contributed by atoms with E-state index in [0.29, 0.717) is 31.6 Å². The minimum Gasteiger partial charge on any atom is -0.465 e. The zero-order valence-corrected chi connectivity index (χ0v) is 15.1. The fourth-order valence-electron chi connectivity index (χ4n) is 4.19. The molecule has 8 nitrogen and oxygen atoms in total. The first kappa shape index (κ1) is 17.5. The molecule has 2 N–H and O–H groups in total. The van der Waals surface area contributed by atoms with Crippen molar-refractivity contribution in [1.82, 2.24) is 20.0 Å². The van der Waals surface area contributed by atoms with Gasteiger partial charge in [0.2, 0.25) is 11.8 Å². The van der Waals surface area contributed by atoms with Gasteiger partial charge in [0.1, 0.15) is 0 Å². The lowest BCUT2D eigenvalue weighted by atomic mass is 9.89. The maximum absolute atomic E-state index is 12.2. The summed E-state index contributed by atoms with van der Waals surface area (Å²) in [6, 6.07) is 6.03. The highest BCUT2D eigenvalue weighted by atomic mass is 16.4. The molecule has 2 aliphatic rings. The highest BCUT2D eigenvalue weighted by Gasteiger charge is 2.32. The van der Waals surface area contributed by atoms with Crippen molar-refractivity contribution in [3.05, 3.63) is 29.5 Å². The lowest BCUT2D eigenvalue weighted by molar-refractivity contribution is -0.134. The average molecular weight is 370 g/mol. The molecule has 2 fully saturated rings. The normalized spacial score (nSPS) is 23.5. The van der Waals surface area contributed by atoms with Crippen LogP contribution in [-0.4, -0.2) is 50.8 Å². The summed E-state index contributed by atoms with van der Waals surface area (Å²) in [6.45, 7) is 1.08. The van der Waals surface area contributed by atoms with Gasteiger partial charge < -0.3 is 10.0 Å². The second-order valence-corrected chi connectivity index (χ2v) is 7.36. The van der Waals surface area contributed by atoms with Gasteiger partial charge in [0.05, 0.1) is 17.1 Å². The first-order chi connectivity index (χ1) is 12.9. The maximum Gasteiger partial charge on any atom is 0.407 e. The molecule has 3 heterocycles. The predicted octanol–water partition coefficient (Wildman–Crippen LogP) is 1.95. The first-order valence-corrected chi connectivity index (χ1v) is 9.22. The minimum absolute atomic E-state index is 0.160. The highest BCUT2D eigenvalue weighted by Crippen LogP contribution is 2.33. The van der Waals surface area contributed by atoms with Crippen molar-refractivity contribution in [2.45, 2.75) is 37.5 Å². The molecule has 2 saturated heterocycles. The van der Waals surface area contributed by atoms with Crippen molar-refractivity contribution in [2.24, 2.45) is 7.05 Å². The van der Waals surface area contributed by atoms with Crippen molar-refractivity contribution in [3.8, 4) is 0 Å². The summed E-state index contributed by atoms with van der Waals surface area (Å²) >= 11 is 0. The molecule has 1 aromatic heterocycles. The van der Waals surface area contributed by atoms with Crippen LogP contribution in [0.15, 0.2) is 18.2 Å². The Kier molecular flexibility index (Phi) is 4.33. The second kappa shape index (κ2) is 6.68. The van der Waals surface area contributed by atoms with Crippen molar-refractivity contribution in [3.63, 3.8) is 0 Å². The number of hydrogen-bond acceptors (Lipinski definition) is 4. The third kappa shape index (κ3) is 3.15. The van der Waals surface area contributed by atoms with Crippen LogP contribution in [0.2, 0.25) is 0 Å². The lowest BCUT2D eigenvalue weighted by Crippen LogP contribution is -2.39. The van der Waals surface area contributed by atoms with E-state index in [9.17, 15) is 19.5 Å². The van der Waals surface area contributed by atoms with Crippen LogP contribution in [0, 0.1) is 0 Å². The summed E-state index contributed by atoms with van der Waals surface area (Å²) in [6.07, 6.45) is 1.71. The molecule has 2 aliphatic heterocycles. The van der Waals surface area contributed by atoms with Gasteiger partial charge in [-0.2, -0.15) is 5.10 Å². The van der Waals surface area contributed by atoms with E-state index in [-0.39, 0.29) is 17.7 Å². The Morgan fingerprint density at radius 2 is 2.11 bits per heavy atom. The molecule has 142 valence electrons. The summed E-state index contributed by atoms with van der Waals surface area (Å²) in [5.41, 5.74) is 2.70. The van der Waals surface area contributed by atoms with E-state index in [1.54, 1.807) is 4.68 Å². The fourth-order valence-corrected chi connectivity index (χ4v) is 4.19. The number of nitrogens with one attached hydrogen (secondary N) is 1. The third-order valence-corrected chi connectivity index (χ3v) is 5.64. The average Bonchev–Trinajstić information content (AvgIpc) is 2.98. The molecule has 4 rings (SSSR count). The summed E-state index contributed by atoms with van der Waals surface area (Å²) in [7, 11) is 1.84. The number of likely N-dealkylation sites (tertiary alicyclic amines) is 1. The number of carbonyl (C=O) groups is 3. The molecule has 2 atom stereocenters. The topological polar surface area (TPSA) is 105 Å². The first-order valence-electron chi connectivity index (χ1n) is 9.22. The molecule has 0 aliphatic carbocycles. The lowest BCUT2D eigenvalue weighted by Gasteiger charge is -2.31. The molecule has 0 spiro atoms. The molecule has 0 radical (unpaired) electrons. The third-order valence-electron chi connectivity index (χ3n) is 5.64. The Hall–Kier alpha value is -2.90. The molecule has 8 heteroatoms. The molecule has 3 amide bonds. The number of piperidine rings is 2. The van der Waals surface area contributed by atoms with Gasteiger partial charge in [-0.1, -0.05) is 12.1 Å². The van der Waals surface area contributed by atoms with E-state index in [1.807, 2.05) is 25.2 Å². The van der Waals surface area contributed by atoms with Crippen molar-refractivity contribution >= 4 is 28.8 Å². The van der Waals surface area contributed by atoms with Gasteiger partial charge in [-0.15, -0.1) is 0 Å². The number of hydrogen-bond donors (Lipinski definition) is 2. The summed E-state index contributed by atoms with van der Waals surface area (Å²) in [5.74, 6) is -0.790. The number of rotatable bonds is 2. The van der Waals surface area contributed by atoms with E-state index in [2.05, 4.69) is 10.4 Å². The zero-order valence-electron chi connectivity index (χ0n) is 15.1. The van der Waals surface area contributed by atoms with Crippen molar-refractivity contribution in [1.29, 1.82) is 0 Å². The standard InChI is InChI=1S/C19H22N4O4/c1-22-15-9-11(12-3-2-8-23(10-12)19(26)27)4-5-13(15)17(21-22)14-6-7-16(24)20-18(14)25/h4-5,9,12,14H,2-3,6-8,10H2,1H3,(H,26,27)(H,20,24,25). The van der Waals surface area contributed by atoms with Crippen molar-refractivity contribution < 1.29 is 19.5 Å². The smallest absolute Gasteiger partial charge is 0.407 e. The Bertz CT molecular complexity index is 935. The van der Waals surface area contributed by atoms with Gasteiger partial charge >= 0.3 is 6.09 Å². The van der Waals surface area contributed by atoms with Crippen LogP contribution >= 0.6 is 0 Å². The van der Waals surface area contributed by atoms with Gasteiger partial charge in [-0.05, 0) is 30.9 Å². The maximum atomic E-state index is 12.2. The van der Waals surface area contributed by atoms with Gasteiger partial charge in [-0.25, -0.2) is 4.79 Å². The number of aryl methyl sites for hydroxylation is 1. The largest absolute Gasteiger partial charge is 0.465 e. The number of nitrogens with zero attached hydrogens (tertiary/aromatic N) is 3. The molecular formula is C19H22N4O4. The molecule has 2 aromatic rings. The summed E-state index contributed by atoms with van der Waals surface area (Å²) in [4.78, 5) is 36.4. The second-order valence-electron chi connectivity index (χ2n) is 7.36. The molecular weight excluding hydrogens is 348 g/mol. The van der Waals surface area contributed by atoms with Crippen LogP contribution < -0.4 is 5.32 Å². The fraction of sp³-hybridized carbons (Fsp3) is 0.474. The van der Waals surface area contributed by atoms with Crippen LogP contribution in [0.25, 0.3) is 10.9 Å². The van der Waals surface area contributed by atoms with E-state index < -0.39 is 12.0 Å². The molecule has 27 heavy (non-hydrogen) atoms. The number of fused-ring (bicyclic) bond motifs is 1. The predicted molar refractivity (Wildman–Crippen MR) is 97.4 cm³/mol. The van der Waals surface area contributed by atoms with Crippen LogP contribution in [0.3, 0.4) is 0 Å². The molecule has 0 saturated carbocycles. The number of benzene rings is 1. The quantitative estimate of drug-likeness (QED) is 0.786. The molecule has 2 unspecified atom stereocenters. The number of aromatic nitrogens is 2. The Balaban J connectivity index is 1.66. The van der Waals surface area contributed by atoms with E-state index >= 15 is 0 Å². The van der Waals surface area contributed by atoms with Crippen LogP contribution in [0.1, 0.15) is 48.8 Å². The highest BCUT2D eigenvalue weighted by molar-refractivity contribution is 6.02. The van der Waals surface area contributed by atoms with Gasteiger partial charge in [0.25, 0.3) is 0 Å². The Labute approximate surface area is 156 Å². The monoisotopic (exact) mass is 370 g/mol. The van der Waals surface area contributed by atoms with Crippen LogP contribution in [-0.2, 0) is 16.6 Å². The van der Waals surface area contributed by atoms with Crippen LogP contribution in [0.4, 0.5) is 4.79 Å². The van der Waals surface area contributed by atoms with E-state index in [4.69, 9.17) is 0 Å². The van der Waals surface area contributed by atoms with Crippen LogP contribution in [0.5, 0.6) is 0 Å². The van der Waals surface area contributed by atoms with E-state index in [0.717, 1.165) is 29.3 Å². The number of carboxylic acid groups (broad SMARTS) is 1. The zero-order chi connectivity index (χ0) is 19.1. The number of carbonyl (C=O) groups excluding carboxylic acids is 2. The summed E-state index contributed by atoms with van der Waals surface area (Å²) in [5, 5.41) is 17.1. The number of imide groups is 1. The van der Waals surface area contributed by atoms with Gasteiger partial charge in [-0.3, -0.25) is 19.6 Å². The Morgan fingerprint density at radius 1 is 1.30 bits per heavy atom. The van der Waals surface area contributed by atoms with Crippen molar-refractivity contribution in [2.75, 3.05) is 13.1 Å². The van der Waals surface area contributed by atoms with Gasteiger partial charge in [0.15, 0.2) is 0 Å². The minimum atomic E-state index is -0.874. The Morgan fingerprint density at radius 3 is 2.85 bits per heavy atom. The summed E-state index contributed by atoms with van der Waals surface area (Å²) < 4.78 is 1.76. The molecule has 1 aromatic carbocycles. The van der Waals surface area contributed by atoms with E-state index in [1.165, 1.54) is 4.90 Å². The van der Waals surface area contributed by atoms with Gasteiger partial charge in [0, 0.05) is 37.9 Å². The number of amides is 3.